The highest BCUT2D eigenvalue weighted by molar-refractivity contribution is 8.00. The molecule has 1 fully saturated rings. The zero-order valence-corrected chi connectivity index (χ0v) is 24.1. The fourth-order valence-corrected chi connectivity index (χ4v) is 7.05. The van der Waals surface area contributed by atoms with Gasteiger partial charge in [-0.15, -0.1) is 23.1 Å². The van der Waals surface area contributed by atoms with Gasteiger partial charge >= 0.3 is 12.1 Å². The predicted octanol–water partition coefficient (Wildman–Crippen LogP) is 2.93. The van der Waals surface area contributed by atoms with Crippen LogP contribution in [0.2, 0.25) is 0 Å². The van der Waals surface area contributed by atoms with E-state index in [0.29, 0.717) is 10.6 Å². The zero-order chi connectivity index (χ0) is 29.9. The molecule has 2 aromatic carbocycles. The van der Waals surface area contributed by atoms with Crippen LogP contribution in [0.4, 0.5) is 9.80 Å². The Morgan fingerprint density at radius 1 is 1.05 bits per heavy atom. The van der Waals surface area contributed by atoms with E-state index in [1.807, 2.05) is 60.7 Å². The molecule has 0 aliphatic carbocycles. The molecule has 0 unspecified atom stereocenters. The Labute approximate surface area is 249 Å². The maximum absolute atomic E-state index is 13.9. The molecule has 1 saturated heterocycles. The van der Waals surface area contributed by atoms with Gasteiger partial charge in [0.15, 0.2) is 6.10 Å². The lowest BCUT2D eigenvalue weighted by atomic mass is 9.97. The Morgan fingerprint density at radius 3 is 2.24 bits per heavy atom. The van der Waals surface area contributed by atoms with Crippen molar-refractivity contribution in [2.75, 3.05) is 25.2 Å². The van der Waals surface area contributed by atoms with Gasteiger partial charge in [-0.05, 0) is 23.3 Å². The number of rotatable bonds is 10. The van der Waals surface area contributed by atoms with Crippen LogP contribution in [0.15, 0.2) is 84.1 Å². The summed E-state index contributed by atoms with van der Waals surface area (Å²) in [6.45, 7) is -0.323. The number of thiophene rings is 1. The number of nitrogens with one attached hydrogen (secondary N) is 1. The summed E-state index contributed by atoms with van der Waals surface area (Å²) in [6, 6.07) is 21.8. The lowest BCUT2D eigenvalue weighted by Crippen LogP contribution is -2.80. The van der Waals surface area contributed by atoms with Gasteiger partial charge in [-0.25, -0.2) is 9.59 Å². The van der Waals surface area contributed by atoms with Crippen LogP contribution in [0.25, 0.3) is 0 Å². The van der Waals surface area contributed by atoms with Crippen molar-refractivity contribution in [1.82, 2.24) is 10.2 Å². The summed E-state index contributed by atoms with van der Waals surface area (Å²) in [5.41, 5.74) is 10.9. The van der Waals surface area contributed by atoms with Crippen LogP contribution in [0.3, 0.4) is 0 Å². The molecule has 3 amide bonds. The van der Waals surface area contributed by atoms with Gasteiger partial charge in [-0.3, -0.25) is 14.5 Å². The Bertz CT molecular complexity index is 1490. The maximum atomic E-state index is 13.9. The number of β-lactam (4-membered cyclic amide) rings is 1. The number of hydrogen-bond acceptors (Lipinski definition) is 10. The molecule has 5 N–H and O–H groups in total. The molecule has 5 rings (SSSR count). The number of ether oxygens (including phenoxy) is 3. The van der Waals surface area contributed by atoms with E-state index < -0.39 is 41.1 Å². The summed E-state index contributed by atoms with van der Waals surface area (Å²) < 4.78 is 16.7. The molecular formula is C29H28N4O7S2. The van der Waals surface area contributed by atoms with Gasteiger partial charge in [0.1, 0.15) is 17.7 Å². The molecule has 3 aromatic rings. The van der Waals surface area contributed by atoms with Crippen molar-refractivity contribution in [3.8, 4) is 0 Å². The number of methoxy groups -OCH3 is 1. The number of hydrogen-bond donors (Lipinski definition) is 3. The number of carbonyl (C=O) groups is 4. The highest BCUT2D eigenvalue weighted by atomic mass is 32.2. The second-order valence-electron chi connectivity index (χ2n) is 9.47. The number of nitrogens with two attached hydrogens (primary N) is 2. The van der Waals surface area contributed by atoms with Crippen molar-refractivity contribution in [1.29, 1.82) is 0 Å². The van der Waals surface area contributed by atoms with E-state index in [9.17, 15) is 19.2 Å². The van der Waals surface area contributed by atoms with Crippen molar-refractivity contribution >= 4 is 52.0 Å². The largest absolute Gasteiger partial charge is 0.448 e. The first-order chi connectivity index (χ1) is 20.2. The van der Waals surface area contributed by atoms with Gasteiger partial charge in [-0.2, -0.15) is 0 Å². The Morgan fingerprint density at radius 2 is 1.69 bits per heavy atom. The lowest BCUT2D eigenvalue weighted by molar-refractivity contribution is -0.193. The molecule has 218 valence electrons. The van der Waals surface area contributed by atoms with E-state index in [2.05, 4.69) is 5.32 Å². The quantitative estimate of drug-likeness (QED) is 0.178. The fourth-order valence-electron chi connectivity index (χ4n) is 4.85. The monoisotopic (exact) mass is 608 g/mol. The van der Waals surface area contributed by atoms with Crippen LogP contribution in [0, 0.1) is 0 Å². The number of fused-ring (bicyclic) bond motifs is 1. The molecule has 1 aromatic heterocycles. The average molecular weight is 609 g/mol. The van der Waals surface area contributed by atoms with Gasteiger partial charge < -0.3 is 31.0 Å². The number of benzene rings is 2. The van der Waals surface area contributed by atoms with E-state index in [1.54, 1.807) is 12.1 Å². The maximum Gasteiger partial charge on any atom is 0.404 e. The molecule has 42 heavy (non-hydrogen) atoms. The normalized spacial score (nSPS) is 19.6. The van der Waals surface area contributed by atoms with Crippen molar-refractivity contribution in [3.05, 3.63) is 100 Å². The molecule has 0 spiro atoms. The molecule has 2 aliphatic rings. The van der Waals surface area contributed by atoms with Crippen molar-refractivity contribution in [2.24, 2.45) is 5.73 Å². The van der Waals surface area contributed by atoms with E-state index in [0.717, 1.165) is 16.0 Å². The highest BCUT2D eigenvalue weighted by Gasteiger charge is 2.66. The van der Waals surface area contributed by atoms with Crippen LogP contribution in [-0.2, 0) is 35.0 Å². The molecule has 0 bridgehead atoms. The summed E-state index contributed by atoms with van der Waals surface area (Å²) in [7, 11) is 1.31. The van der Waals surface area contributed by atoms with Gasteiger partial charge in [0.25, 0.3) is 11.6 Å². The summed E-state index contributed by atoms with van der Waals surface area (Å²) in [5, 5.41) is 2.49. The third-order valence-electron chi connectivity index (χ3n) is 6.79. The summed E-state index contributed by atoms with van der Waals surface area (Å²) in [6.07, 6.45) is -1.83. The minimum Gasteiger partial charge on any atom is -0.448 e. The third-order valence-corrected chi connectivity index (χ3v) is 9.07. The first kappa shape index (κ1) is 29.2. The molecular weight excluding hydrogens is 580 g/mol. The van der Waals surface area contributed by atoms with Crippen LogP contribution in [0.5, 0.6) is 0 Å². The standard InChI is InChI=1S/C29H28N4O7S2/c1-38-29(32-22(34)14-20-12-13-21(30)42-20)26(36)33-23(19(15-39-28(31)37)16-41-27(29)33)25(35)40-24(17-8-4-2-5-9-17)18-10-6-3-7-11-18/h2-13,24,27H,14-16,30H2,1H3,(H2,31,37)(H,32,34)/t27-,29+/m1/s1. The Kier molecular flexibility index (Phi) is 8.52. The first-order valence-electron chi connectivity index (χ1n) is 12.8. The average Bonchev–Trinajstić information content (AvgIpc) is 3.41. The Balaban J connectivity index is 1.44. The fraction of sp³-hybridized carbons (Fsp3) is 0.241. The van der Waals surface area contributed by atoms with Crippen LogP contribution in [-0.4, -0.2) is 59.3 Å². The second-order valence-corrected chi connectivity index (χ2v) is 11.7. The predicted molar refractivity (Wildman–Crippen MR) is 157 cm³/mol. The molecule has 0 saturated carbocycles. The number of primary amides is 1. The third kappa shape index (κ3) is 5.71. The first-order valence-corrected chi connectivity index (χ1v) is 14.7. The van der Waals surface area contributed by atoms with E-state index in [-0.39, 0.29) is 24.5 Å². The smallest absolute Gasteiger partial charge is 0.404 e. The minimum atomic E-state index is -1.72. The number of carbonyl (C=O) groups excluding carboxylic acids is 4. The van der Waals surface area contributed by atoms with Gasteiger partial charge in [0.2, 0.25) is 5.91 Å². The van der Waals surface area contributed by atoms with Crippen LogP contribution in [0.1, 0.15) is 22.1 Å². The number of nitrogens with zero attached hydrogens (tertiary/aromatic N) is 1. The number of anilines is 1. The lowest BCUT2D eigenvalue weighted by Gasteiger charge is -2.56. The summed E-state index contributed by atoms with van der Waals surface area (Å²) >= 11 is 2.51. The number of thioether (sulfide) groups is 1. The molecule has 13 heteroatoms. The highest BCUT2D eigenvalue weighted by Crippen LogP contribution is 2.47. The van der Waals surface area contributed by atoms with Gasteiger partial charge in [0, 0.05) is 23.3 Å². The van der Waals surface area contributed by atoms with Crippen molar-refractivity contribution in [3.63, 3.8) is 0 Å². The zero-order valence-electron chi connectivity index (χ0n) is 22.5. The number of esters is 1. The van der Waals surface area contributed by atoms with Crippen molar-refractivity contribution in [2.45, 2.75) is 23.6 Å². The van der Waals surface area contributed by atoms with E-state index in [1.165, 1.54) is 35.1 Å². The molecule has 3 heterocycles. The summed E-state index contributed by atoms with van der Waals surface area (Å²) in [4.78, 5) is 54.0. The number of nitrogen functional groups attached to an aromatic ring is 1. The molecule has 0 radical (unpaired) electrons. The van der Waals surface area contributed by atoms with Crippen LogP contribution < -0.4 is 16.8 Å². The van der Waals surface area contributed by atoms with Gasteiger partial charge in [-0.1, -0.05) is 60.7 Å². The number of amides is 3. The topological polar surface area (TPSA) is 163 Å². The van der Waals surface area contributed by atoms with Gasteiger partial charge in [0.05, 0.1) is 11.4 Å². The van der Waals surface area contributed by atoms with Crippen LogP contribution >= 0.6 is 23.1 Å². The molecule has 2 atom stereocenters. The molecule has 2 aliphatic heterocycles. The van der Waals surface area contributed by atoms with E-state index in [4.69, 9.17) is 25.7 Å². The molecule has 11 nitrogen and oxygen atoms in total. The summed E-state index contributed by atoms with van der Waals surface area (Å²) in [5.74, 6) is -1.74. The van der Waals surface area contributed by atoms with Crippen molar-refractivity contribution < 1.29 is 33.4 Å². The van der Waals surface area contributed by atoms with E-state index >= 15 is 0 Å². The second kappa shape index (κ2) is 12.3. The SMILES string of the molecule is CO[C@@]1(NC(=O)Cc2ccc(N)s2)C(=O)N2C(C(=O)OC(c3ccccc3)c3ccccc3)=C(COC(N)=O)CS[C@@H]21. The minimum absolute atomic E-state index is 0.00405. The Hall–Kier alpha value is -4.33.